The van der Waals surface area contributed by atoms with E-state index in [1.54, 1.807) is 24.5 Å². The van der Waals surface area contributed by atoms with Crippen LogP contribution < -0.4 is 11.1 Å². The third-order valence-electron chi connectivity index (χ3n) is 4.69. The molecule has 2 aromatic heterocycles. The number of nitrogen functional groups attached to an aromatic ring is 1. The number of aryl methyl sites for hydroxylation is 1. The lowest BCUT2D eigenvalue weighted by atomic mass is 9.89. The van der Waals surface area contributed by atoms with Crippen LogP contribution in [0.3, 0.4) is 0 Å². The minimum Gasteiger partial charge on any atom is -0.368 e. The summed E-state index contributed by atoms with van der Waals surface area (Å²) in [6.07, 6.45) is 3.91. The van der Waals surface area contributed by atoms with Crippen molar-refractivity contribution >= 4 is 17.5 Å². The van der Waals surface area contributed by atoms with Gasteiger partial charge in [-0.1, -0.05) is 17.7 Å². The number of nitrogens with two attached hydrogens (primary N) is 1. The number of aromatic nitrogens is 3. The van der Waals surface area contributed by atoms with Gasteiger partial charge in [0.05, 0.1) is 10.7 Å². The monoisotopic (exact) mass is 369 g/mol. The number of pyridine rings is 1. The second kappa shape index (κ2) is 6.63. The van der Waals surface area contributed by atoms with Gasteiger partial charge in [0.25, 0.3) is 0 Å². The molecule has 26 heavy (non-hydrogen) atoms. The molecule has 0 spiro atoms. The molecule has 0 bridgehead atoms. The molecule has 0 saturated carbocycles. The van der Waals surface area contributed by atoms with Crippen molar-refractivity contribution in [3.63, 3.8) is 0 Å². The summed E-state index contributed by atoms with van der Waals surface area (Å²) in [4.78, 5) is 12.8. The fraction of sp³-hybridized carbons (Fsp3) is 0.211. The summed E-state index contributed by atoms with van der Waals surface area (Å²) in [5.41, 5.74) is 11.1. The van der Waals surface area contributed by atoms with Crippen LogP contribution in [0.15, 0.2) is 36.7 Å². The van der Waals surface area contributed by atoms with Gasteiger partial charge in [0.15, 0.2) is 0 Å². The molecule has 1 aliphatic heterocycles. The van der Waals surface area contributed by atoms with E-state index in [4.69, 9.17) is 17.3 Å². The van der Waals surface area contributed by atoms with Crippen molar-refractivity contribution in [1.29, 1.82) is 0 Å². The average molecular weight is 370 g/mol. The number of hydrogen-bond donors (Lipinski definition) is 2. The molecule has 3 N–H and O–H groups in total. The number of benzene rings is 1. The molecular formula is C19H17ClFN5. The molecule has 1 aromatic carbocycles. The second-order valence-electron chi connectivity index (χ2n) is 6.32. The molecule has 7 heteroatoms. The van der Waals surface area contributed by atoms with E-state index in [2.05, 4.69) is 20.3 Å². The lowest BCUT2D eigenvalue weighted by Crippen LogP contribution is -2.31. The summed E-state index contributed by atoms with van der Waals surface area (Å²) in [5.74, 6) is -0.0428. The molecule has 1 aliphatic rings. The normalized spacial score (nSPS) is 16.3. The fourth-order valence-corrected chi connectivity index (χ4v) is 3.64. The molecule has 0 amide bonds. The van der Waals surface area contributed by atoms with Crippen LogP contribution in [-0.2, 0) is 13.0 Å². The number of fused-ring (bicyclic) bond motifs is 1. The summed E-state index contributed by atoms with van der Waals surface area (Å²) < 4.78 is 14.0. The maximum Gasteiger partial charge on any atom is 0.220 e. The quantitative estimate of drug-likeness (QED) is 0.721. The first-order valence-corrected chi connectivity index (χ1v) is 8.65. The van der Waals surface area contributed by atoms with Gasteiger partial charge < -0.3 is 11.1 Å². The first-order chi connectivity index (χ1) is 12.5. The summed E-state index contributed by atoms with van der Waals surface area (Å²) in [7, 11) is 0. The van der Waals surface area contributed by atoms with E-state index >= 15 is 0 Å². The largest absolute Gasteiger partial charge is 0.368 e. The van der Waals surface area contributed by atoms with Crippen molar-refractivity contribution in [3.8, 4) is 11.1 Å². The van der Waals surface area contributed by atoms with Gasteiger partial charge in [0, 0.05) is 48.2 Å². The molecule has 4 rings (SSSR count). The van der Waals surface area contributed by atoms with Gasteiger partial charge in [-0.3, -0.25) is 4.98 Å². The van der Waals surface area contributed by atoms with Gasteiger partial charge >= 0.3 is 0 Å². The Labute approximate surface area is 155 Å². The molecule has 0 radical (unpaired) electrons. The van der Waals surface area contributed by atoms with Crippen molar-refractivity contribution in [3.05, 3.63) is 70.0 Å². The Morgan fingerprint density at radius 2 is 2.08 bits per heavy atom. The molecular weight excluding hydrogens is 353 g/mol. The predicted octanol–water partition coefficient (Wildman–Crippen LogP) is 3.61. The number of rotatable bonds is 2. The smallest absolute Gasteiger partial charge is 0.220 e. The Morgan fingerprint density at radius 1 is 1.23 bits per heavy atom. The van der Waals surface area contributed by atoms with Gasteiger partial charge in [0.2, 0.25) is 5.95 Å². The lowest BCUT2D eigenvalue weighted by molar-refractivity contribution is 0.487. The van der Waals surface area contributed by atoms with E-state index in [1.165, 1.54) is 12.1 Å². The van der Waals surface area contributed by atoms with Crippen LogP contribution in [0.4, 0.5) is 10.3 Å². The van der Waals surface area contributed by atoms with Gasteiger partial charge in [0.1, 0.15) is 5.82 Å². The highest BCUT2D eigenvalue weighted by molar-refractivity contribution is 6.33. The Balaban J connectivity index is 1.79. The Morgan fingerprint density at radius 3 is 2.88 bits per heavy atom. The summed E-state index contributed by atoms with van der Waals surface area (Å²) in [6, 6.07) is 6.40. The van der Waals surface area contributed by atoms with Crippen LogP contribution in [-0.4, -0.2) is 15.0 Å². The van der Waals surface area contributed by atoms with E-state index in [0.29, 0.717) is 23.6 Å². The zero-order valence-corrected chi connectivity index (χ0v) is 14.9. The molecule has 1 unspecified atom stereocenters. The maximum atomic E-state index is 14.0. The predicted molar refractivity (Wildman–Crippen MR) is 99.1 cm³/mol. The topological polar surface area (TPSA) is 76.7 Å². The Bertz CT molecular complexity index is 992. The zero-order valence-electron chi connectivity index (χ0n) is 14.1. The second-order valence-corrected chi connectivity index (χ2v) is 6.72. The van der Waals surface area contributed by atoms with Gasteiger partial charge in [-0.15, -0.1) is 0 Å². The Kier molecular flexibility index (Phi) is 4.30. The van der Waals surface area contributed by atoms with Gasteiger partial charge in [-0.2, -0.15) is 0 Å². The highest BCUT2D eigenvalue weighted by Crippen LogP contribution is 2.36. The minimum atomic E-state index is -0.317. The third-order valence-corrected chi connectivity index (χ3v) is 5.02. The van der Waals surface area contributed by atoms with E-state index in [0.717, 1.165) is 28.1 Å². The molecule has 3 heterocycles. The van der Waals surface area contributed by atoms with E-state index < -0.39 is 0 Å². The number of anilines is 1. The average Bonchev–Trinajstić information content (AvgIpc) is 2.61. The van der Waals surface area contributed by atoms with E-state index in [9.17, 15) is 4.39 Å². The number of halogens is 2. The number of hydrogen-bond acceptors (Lipinski definition) is 5. The summed E-state index contributed by atoms with van der Waals surface area (Å²) in [5, 5.41) is 4.03. The van der Waals surface area contributed by atoms with Crippen molar-refractivity contribution in [2.24, 2.45) is 0 Å². The third kappa shape index (κ3) is 3.02. The van der Waals surface area contributed by atoms with E-state index in [-0.39, 0.29) is 17.8 Å². The standard InChI is InChI=1S/C19H17ClFN5/c1-10-14-9-24-17(7-18(14)26-19(22)25-10)12-3-2-11(21)6-13(12)15-8-23-5-4-16(15)20/h2-6,8,17,24H,7,9H2,1H3,(H2,22,25,26). The zero-order chi connectivity index (χ0) is 18.3. The van der Waals surface area contributed by atoms with Crippen LogP contribution in [0.25, 0.3) is 11.1 Å². The maximum absolute atomic E-state index is 14.0. The highest BCUT2D eigenvalue weighted by Gasteiger charge is 2.25. The van der Waals surface area contributed by atoms with E-state index in [1.807, 2.05) is 6.92 Å². The fourth-order valence-electron chi connectivity index (χ4n) is 3.43. The molecule has 0 fully saturated rings. The number of nitrogens with one attached hydrogen (secondary N) is 1. The molecule has 132 valence electrons. The Hall–Kier alpha value is -2.57. The first kappa shape index (κ1) is 16.9. The van der Waals surface area contributed by atoms with Crippen LogP contribution in [0, 0.1) is 12.7 Å². The lowest BCUT2D eigenvalue weighted by Gasteiger charge is -2.28. The molecule has 1 atom stereocenters. The molecule has 5 nitrogen and oxygen atoms in total. The van der Waals surface area contributed by atoms with Crippen molar-refractivity contribution in [2.75, 3.05) is 5.73 Å². The SMILES string of the molecule is Cc1nc(N)nc2c1CNC(c1ccc(F)cc1-c1cnccc1Cl)C2. The van der Waals surface area contributed by atoms with Gasteiger partial charge in [-0.05, 0) is 36.2 Å². The molecule has 0 saturated heterocycles. The molecule has 3 aromatic rings. The minimum absolute atomic E-state index is 0.0388. The van der Waals surface area contributed by atoms with Crippen molar-refractivity contribution in [2.45, 2.75) is 25.9 Å². The first-order valence-electron chi connectivity index (χ1n) is 8.27. The number of nitrogens with zero attached hydrogens (tertiary/aromatic N) is 3. The van der Waals surface area contributed by atoms with Crippen LogP contribution in [0.5, 0.6) is 0 Å². The van der Waals surface area contributed by atoms with Crippen LogP contribution in [0.2, 0.25) is 5.02 Å². The molecule has 0 aliphatic carbocycles. The van der Waals surface area contributed by atoms with Gasteiger partial charge in [-0.25, -0.2) is 14.4 Å². The van der Waals surface area contributed by atoms with Crippen LogP contribution in [0.1, 0.15) is 28.6 Å². The summed E-state index contributed by atoms with van der Waals surface area (Å²) in [6.45, 7) is 2.56. The van der Waals surface area contributed by atoms with Crippen molar-refractivity contribution < 1.29 is 4.39 Å². The highest BCUT2D eigenvalue weighted by atomic mass is 35.5. The summed E-state index contributed by atoms with van der Waals surface area (Å²) >= 11 is 6.32. The van der Waals surface area contributed by atoms with Crippen molar-refractivity contribution in [1.82, 2.24) is 20.3 Å². The van der Waals surface area contributed by atoms with Crippen LogP contribution >= 0.6 is 11.6 Å².